The normalized spacial score (nSPS) is 20.3. The molecule has 0 radical (unpaired) electrons. The first-order chi connectivity index (χ1) is 17.9. The molecule has 3 aliphatic rings. The number of amides is 3. The standard InChI is InChI=1S/C24H25N7O5S/c1-25-21(33)27-22-26-16-9-15-10-30(24(34)35-2)11-17(19(16)37-22)31(15)23-29-28-20(36-23)14-5-3-4-13(8-14)18(32)12-6-7-12/h3-5,8,12,15,17H,6-7,9-11H2,1-2H3,(H2,25,26,27,33). The molecule has 4 heterocycles. The minimum absolute atomic E-state index is 0.121. The van der Waals surface area contributed by atoms with Gasteiger partial charge >= 0.3 is 18.1 Å². The molecule has 2 aromatic heterocycles. The number of carbonyl (C=O) groups excluding carboxylic acids is 3. The molecule has 13 heteroatoms. The van der Waals surface area contributed by atoms with E-state index in [1.165, 1.54) is 25.5 Å². The van der Waals surface area contributed by atoms with Gasteiger partial charge in [-0.3, -0.25) is 10.1 Å². The highest BCUT2D eigenvalue weighted by atomic mass is 32.1. The third kappa shape index (κ3) is 4.28. The van der Waals surface area contributed by atoms with Crippen LogP contribution in [0.2, 0.25) is 0 Å². The van der Waals surface area contributed by atoms with E-state index in [0.29, 0.717) is 47.7 Å². The number of urea groups is 1. The van der Waals surface area contributed by atoms with E-state index in [0.717, 1.165) is 23.4 Å². The summed E-state index contributed by atoms with van der Waals surface area (Å²) in [5.74, 6) is 0.588. The van der Waals surface area contributed by atoms with Crippen molar-refractivity contribution in [2.24, 2.45) is 5.92 Å². The molecule has 3 aromatic rings. The number of carbonyl (C=O) groups is 3. The summed E-state index contributed by atoms with van der Waals surface area (Å²) in [5, 5.41) is 14.4. The lowest BCUT2D eigenvalue weighted by Gasteiger charge is -2.47. The second-order valence-corrected chi connectivity index (χ2v) is 10.3. The average molecular weight is 524 g/mol. The van der Waals surface area contributed by atoms with Crippen LogP contribution in [0, 0.1) is 5.92 Å². The molecule has 6 rings (SSSR count). The van der Waals surface area contributed by atoms with Gasteiger partial charge in [0.15, 0.2) is 10.9 Å². The summed E-state index contributed by atoms with van der Waals surface area (Å²) in [7, 11) is 2.90. The number of Topliss-reactive ketones (excluding diaryl/α,β-unsaturated/α-hetero) is 1. The zero-order valence-corrected chi connectivity index (χ0v) is 21.1. The molecule has 2 atom stereocenters. The molecular formula is C24H25N7O5S. The van der Waals surface area contributed by atoms with Crippen LogP contribution in [0.15, 0.2) is 28.7 Å². The molecule has 2 fully saturated rings. The maximum absolute atomic E-state index is 12.5. The van der Waals surface area contributed by atoms with Crippen molar-refractivity contribution >= 4 is 40.4 Å². The molecule has 12 nitrogen and oxygen atoms in total. The quantitative estimate of drug-likeness (QED) is 0.482. The zero-order chi connectivity index (χ0) is 25.7. The molecule has 0 spiro atoms. The highest BCUT2D eigenvalue weighted by Gasteiger charge is 2.46. The van der Waals surface area contributed by atoms with E-state index < -0.39 is 6.09 Å². The van der Waals surface area contributed by atoms with Crippen molar-refractivity contribution in [1.29, 1.82) is 0 Å². The van der Waals surface area contributed by atoms with Gasteiger partial charge in [-0.15, -0.1) is 5.10 Å². The van der Waals surface area contributed by atoms with Crippen LogP contribution in [0.4, 0.5) is 20.7 Å². The van der Waals surface area contributed by atoms with Crippen LogP contribution in [-0.4, -0.2) is 71.3 Å². The average Bonchev–Trinajstić information content (AvgIpc) is 3.51. The first kappa shape index (κ1) is 23.4. The maximum atomic E-state index is 12.5. The molecule has 1 aliphatic carbocycles. The van der Waals surface area contributed by atoms with Crippen molar-refractivity contribution in [2.75, 3.05) is 37.5 Å². The Morgan fingerprint density at radius 1 is 1.19 bits per heavy atom. The van der Waals surface area contributed by atoms with Crippen molar-refractivity contribution in [2.45, 2.75) is 31.3 Å². The fourth-order valence-electron chi connectivity index (χ4n) is 4.94. The van der Waals surface area contributed by atoms with Crippen LogP contribution < -0.4 is 15.5 Å². The number of fused-ring (bicyclic) bond motifs is 4. The Kier molecular flexibility index (Phi) is 5.78. The second-order valence-electron chi connectivity index (χ2n) is 9.30. The van der Waals surface area contributed by atoms with Crippen molar-refractivity contribution < 1.29 is 23.5 Å². The highest BCUT2D eigenvalue weighted by molar-refractivity contribution is 7.16. The monoisotopic (exact) mass is 523 g/mol. The van der Waals surface area contributed by atoms with Gasteiger partial charge in [0.2, 0.25) is 5.89 Å². The molecule has 192 valence electrons. The van der Waals surface area contributed by atoms with E-state index in [4.69, 9.17) is 9.15 Å². The van der Waals surface area contributed by atoms with Gasteiger partial charge in [-0.05, 0) is 25.0 Å². The number of anilines is 2. The van der Waals surface area contributed by atoms with E-state index in [2.05, 4.69) is 25.8 Å². The fourth-order valence-corrected chi connectivity index (χ4v) is 6.02. The Morgan fingerprint density at radius 3 is 2.78 bits per heavy atom. The third-order valence-electron chi connectivity index (χ3n) is 6.87. The number of nitrogens with one attached hydrogen (secondary N) is 2. The lowest BCUT2D eigenvalue weighted by atomic mass is 9.94. The summed E-state index contributed by atoms with van der Waals surface area (Å²) in [6.07, 6.45) is 1.99. The number of hydrogen-bond donors (Lipinski definition) is 2. The number of benzene rings is 1. The Balaban J connectivity index is 1.32. The van der Waals surface area contributed by atoms with Gasteiger partial charge in [0.25, 0.3) is 0 Å². The number of ether oxygens (including phenoxy) is 1. The number of piperazine rings is 1. The molecule has 2 aliphatic heterocycles. The van der Waals surface area contributed by atoms with Gasteiger partial charge < -0.3 is 24.3 Å². The number of methoxy groups -OCH3 is 1. The number of nitrogens with zero attached hydrogens (tertiary/aromatic N) is 5. The lowest BCUT2D eigenvalue weighted by molar-refractivity contribution is 0.0967. The van der Waals surface area contributed by atoms with E-state index in [1.807, 2.05) is 23.1 Å². The topological polar surface area (TPSA) is 143 Å². The molecule has 1 aromatic carbocycles. The van der Waals surface area contributed by atoms with E-state index >= 15 is 0 Å². The predicted molar refractivity (Wildman–Crippen MR) is 134 cm³/mol. The van der Waals surface area contributed by atoms with Crippen molar-refractivity contribution in [3.8, 4) is 11.5 Å². The summed E-state index contributed by atoms with van der Waals surface area (Å²) < 4.78 is 11.1. The molecule has 2 N–H and O–H groups in total. The zero-order valence-electron chi connectivity index (χ0n) is 20.3. The van der Waals surface area contributed by atoms with Crippen LogP contribution in [0.1, 0.15) is 39.8 Å². The van der Waals surface area contributed by atoms with Gasteiger partial charge in [-0.1, -0.05) is 28.6 Å². The van der Waals surface area contributed by atoms with Crippen LogP contribution in [-0.2, 0) is 11.2 Å². The number of rotatable bonds is 5. The highest BCUT2D eigenvalue weighted by Crippen LogP contribution is 2.44. The van der Waals surface area contributed by atoms with Crippen LogP contribution >= 0.6 is 11.3 Å². The molecule has 2 unspecified atom stereocenters. The van der Waals surface area contributed by atoms with Gasteiger partial charge in [0.1, 0.15) is 0 Å². The molecule has 3 amide bonds. The largest absolute Gasteiger partial charge is 0.453 e. The minimum Gasteiger partial charge on any atom is -0.453 e. The second kappa shape index (κ2) is 9.14. The lowest BCUT2D eigenvalue weighted by Crippen LogP contribution is -2.59. The smallest absolute Gasteiger partial charge is 0.409 e. The van der Waals surface area contributed by atoms with Gasteiger partial charge in [-0.2, -0.15) is 0 Å². The first-order valence-electron chi connectivity index (χ1n) is 12.0. The first-order valence-corrected chi connectivity index (χ1v) is 12.8. The van der Waals surface area contributed by atoms with Crippen molar-refractivity contribution in [3.63, 3.8) is 0 Å². The molecule has 1 saturated heterocycles. The van der Waals surface area contributed by atoms with Gasteiger partial charge in [0.05, 0.1) is 29.8 Å². The summed E-state index contributed by atoms with van der Waals surface area (Å²) in [6, 6.07) is 6.75. The van der Waals surface area contributed by atoms with Crippen LogP contribution in [0.5, 0.6) is 0 Å². The molecular weight excluding hydrogens is 498 g/mol. The van der Waals surface area contributed by atoms with Crippen LogP contribution in [0.25, 0.3) is 11.5 Å². The van der Waals surface area contributed by atoms with Gasteiger partial charge in [0, 0.05) is 43.6 Å². The van der Waals surface area contributed by atoms with Gasteiger partial charge in [-0.25, -0.2) is 14.6 Å². The number of ketones is 1. The summed E-state index contributed by atoms with van der Waals surface area (Å²) in [4.78, 5) is 46.0. The SMILES string of the molecule is CNC(=O)Nc1nc2c(s1)C1CN(C(=O)OC)CC(C2)N1c1nnc(-c2cccc(C(=O)C3CC3)c2)o1. The fraction of sp³-hybridized carbons (Fsp3) is 0.417. The van der Waals surface area contributed by atoms with E-state index in [-0.39, 0.29) is 29.8 Å². The van der Waals surface area contributed by atoms with Crippen molar-refractivity contribution in [3.05, 3.63) is 40.4 Å². The Morgan fingerprint density at radius 2 is 2.03 bits per heavy atom. The predicted octanol–water partition coefficient (Wildman–Crippen LogP) is 3.09. The Hall–Kier alpha value is -4.00. The minimum atomic E-state index is -0.408. The number of hydrogen-bond acceptors (Lipinski definition) is 10. The number of aromatic nitrogens is 3. The molecule has 2 bridgehead atoms. The van der Waals surface area contributed by atoms with Crippen molar-refractivity contribution in [1.82, 2.24) is 25.4 Å². The van der Waals surface area contributed by atoms with E-state index in [1.54, 1.807) is 11.0 Å². The number of thiazole rings is 1. The van der Waals surface area contributed by atoms with Crippen LogP contribution in [0.3, 0.4) is 0 Å². The summed E-state index contributed by atoms with van der Waals surface area (Å²) in [5.41, 5.74) is 2.20. The summed E-state index contributed by atoms with van der Waals surface area (Å²) >= 11 is 1.35. The van der Waals surface area contributed by atoms with E-state index in [9.17, 15) is 14.4 Å². The maximum Gasteiger partial charge on any atom is 0.409 e. The summed E-state index contributed by atoms with van der Waals surface area (Å²) in [6.45, 7) is 0.725. The Labute approximate surface area is 216 Å². The molecule has 37 heavy (non-hydrogen) atoms. The Bertz CT molecular complexity index is 1380. The third-order valence-corrected chi connectivity index (χ3v) is 7.98. The molecule has 1 saturated carbocycles.